The molecular formula is C5H15N5O18. The molecule has 0 radical (unpaired) electrons. The molecule has 0 aromatic carbocycles. The SMILES string of the molecule is O=[N+]([O-])O.O=[N+]([O-])O.O=[N+]([O-])O.O=[N+]([O-])O.O=[N+]([O-])OCC(CO)(CO)CO. The predicted octanol–water partition coefficient (Wildman–Crippen LogP) is -3.23. The first-order chi connectivity index (χ1) is 12.5. The summed E-state index contributed by atoms with van der Waals surface area (Å²) >= 11 is 0. The smallest absolute Gasteiger partial charge is 0.294 e. The first-order valence-corrected chi connectivity index (χ1v) is 5.46. The van der Waals surface area contributed by atoms with E-state index < -0.39 is 57.3 Å². The number of rotatable bonds is 6. The Morgan fingerprint density at radius 2 is 0.786 bits per heavy atom. The fourth-order valence-corrected chi connectivity index (χ4v) is 0.477. The molecule has 7 N–H and O–H groups in total. The number of aliphatic hydroxyl groups excluding tert-OH is 3. The van der Waals surface area contributed by atoms with Crippen LogP contribution >= 0.6 is 0 Å². The molecule has 168 valence electrons. The van der Waals surface area contributed by atoms with Gasteiger partial charge in [-0.2, -0.15) is 0 Å². The van der Waals surface area contributed by atoms with Crippen molar-refractivity contribution in [1.29, 1.82) is 0 Å². The molecule has 0 saturated carbocycles. The summed E-state index contributed by atoms with van der Waals surface area (Å²) in [6.07, 6.45) is 0. The molecule has 28 heavy (non-hydrogen) atoms. The molecule has 0 fully saturated rings. The summed E-state index contributed by atoms with van der Waals surface area (Å²) in [5, 5.41) is 89.2. The van der Waals surface area contributed by atoms with E-state index in [9.17, 15) is 10.1 Å². The molecule has 0 spiro atoms. The third-order valence-electron chi connectivity index (χ3n) is 1.48. The van der Waals surface area contributed by atoms with Crippen molar-refractivity contribution in [1.82, 2.24) is 0 Å². The highest BCUT2D eigenvalue weighted by Crippen LogP contribution is 2.14. The van der Waals surface area contributed by atoms with Crippen molar-refractivity contribution in [3.8, 4) is 0 Å². The Bertz CT molecular complexity index is 377. The fourth-order valence-electron chi connectivity index (χ4n) is 0.477. The summed E-state index contributed by atoms with van der Waals surface area (Å²) in [7, 11) is 0. The Morgan fingerprint density at radius 3 is 0.893 bits per heavy atom. The van der Waals surface area contributed by atoms with Crippen molar-refractivity contribution in [3.05, 3.63) is 50.6 Å². The van der Waals surface area contributed by atoms with Gasteiger partial charge < -0.3 is 41.0 Å². The minimum atomic E-state index is -1.50. The first-order valence-electron chi connectivity index (χ1n) is 5.46. The second-order valence-corrected chi connectivity index (χ2v) is 3.42. The van der Waals surface area contributed by atoms with Gasteiger partial charge in [0.25, 0.3) is 25.4 Å². The molecule has 0 aromatic heterocycles. The van der Waals surface area contributed by atoms with Crippen LogP contribution in [0.25, 0.3) is 0 Å². The van der Waals surface area contributed by atoms with Gasteiger partial charge >= 0.3 is 0 Å². The predicted molar refractivity (Wildman–Crippen MR) is 71.8 cm³/mol. The van der Waals surface area contributed by atoms with E-state index in [2.05, 4.69) is 4.84 Å². The van der Waals surface area contributed by atoms with E-state index in [-0.39, 0.29) is 0 Å². The number of hydrogen-bond donors (Lipinski definition) is 7. The quantitative estimate of drug-likeness (QED) is 0.160. The molecule has 0 aliphatic heterocycles. The lowest BCUT2D eigenvalue weighted by atomic mass is 9.93. The summed E-state index contributed by atoms with van der Waals surface area (Å²) in [6, 6.07) is 0. The molecule has 0 heterocycles. The summed E-state index contributed by atoms with van der Waals surface area (Å²) in [5.41, 5.74) is -1.34. The van der Waals surface area contributed by atoms with Crippen molar-refractivity contribution in [3.63, 3.8) is 0 Å². The number of nitrogens with zero attached hydrogens (tertiary/aromatic N) is 5. The van der Waals surface area contributed by atoms with Crippen LogP contribution in [0.2, 0.25) is 0 Å². The lowest BCUT2D eigenvalue weighted by Crippen LogP contribution is -2.39. The second-order valence-electron chi connectivity index (χ2n) is 3.42. The Labute approximate surface area is 150 Å². The van der Waals surface area contributed by atoms with Crippen LogP contribution in [0.4, 0.5) is 0 Å². The molecule has 0 atom stereocenters. The standard InChI is InChI=1S/C5H11NO6.4HNO3/c7-1-5(2-8,3-9)4-12-6(10)11;4*2-1(3)4/h7-9H,1-4H2;4*(H,2,3,4). The van der Waals surface area contributed by atoms with Crippen molar-refractivity contribution in [2.24, 2.45) is 5.41 Å². The average Bonchev–Trinajstić information content (AvgIpc) is 2.47. The van der Waals surface area contributed by atoms with Crippen LogP contribution < -0.4 is 0 Å². The summed E-state index contributed by atoms with van der Waals surface area (Å²) < 4.78 is 0. The zero-order chi connectivity index (χ0) is 23.9. The van der Waals surface area contributed by atoms with Crippen LogP contribution in [-0.4, -0.2) is 88.0 Å². The monoisotopic (exact) mass is 433 g/mol. The van der Waals surface area contributed by atoms with Crippen LogP contribution in [0.3, 0.4) is 0 Å². The van der Waals surface area contributed by atoms with Crippen molar-refractivity contribution in [2.75, 3.05) is 26.4 Å². The van der Waals surface area contributed by atoms with Crippen LogP contribution in [0.1, 0.15) is 0 Å². The molecule has 0 saturated heterocycles. The Balaban J connectivity index is -0.0000000910. The first kappa shape index (κ1) is 35.1. The largest absolute Gasteiger partial charge is 0.396 e. The lowest BCUT2D eigenvalue weighted by molar-refractivity contribution is -0.761. The molecule has 0 aliphatic rings. The molecule has 23 heteroatoms. The Hall–Kier alpha value is -4.12. The van der Waals surface area contributed by atoms with Crippen molar-refractivity contribution in [2.45, 2.75) is 0 Å². The van der Waals surface area contributed by atoms with Gasteiger partial charge in [0.1, 0.15) is 6.61 Å². The van der Waals surface area contributed by atoms with Crippen molar-refractivity contribution >= 4 is 0 Å². The lowest BCUT2D eigenvalue weighted by Gasteiger charge is -2.25. The topological polar surface area (TPSA) is 367 Å². The number of aliphatic hydroxyl groups is 3. The number of hydrogen-bond acceptors (Lipinski definition) is 14. The van der Waals surface area contributed by atoms with E-state index in [4.69, 9.17) is 76.6 Å². The van der Waals surface area contributed by atoms with Gasteiger partial charge in [-0.15, -0.1) is 50.6 Å². The fraction of sp³-hybridized carbons (Fsp3) is 1.00. The molecule has 0 aromatic rings. The summed E-state index contributed by atoms with van der Waals surface area (Å²) in [5.74, 6) is 0. The van der Waals surface area contributed by atoms with Crippen LogP contribution in [0.15, 0.2) is 0 Å². The minimum absolute atomic E-state index is 0.524. The van der Waals surface area contributed by atoms with Gasteiger partial charge in [0.2, 0.25) is 0 Å². The normalized spacial score (nSPS) is 8.25. The van der Waals surface area contributed by atoms with E-state index in [0.717, 1.165) is 0 Å². The zero-order valence-corrected chi connectivity index (χ0v) is 13.2. The average molecular weight is 433 g/mol. The molecule has 0 aliphatic carbocycles. The van der Waals surface area contributed by atoms with E-state index >= 15 is 0 Å². The molecule has 0 amide bonds. The van der Waals surface area contributed by atoms with Gasteiger partial charge in [-0.1, -0.05) is 0 Å². The van der Waals surface area contributed by atoms with Crippen LogP contribution in [-0.2, 0) is 4.84 Å². The third kappa shape index (κ3) is 80.6. The van der Waals surface area contributed by atoms with E-state index in [1.807, 2.05) is 0 Å². The molecule has 0 unspecified atom stereocenters. The minimum Gasteiger partial charge on any atom is -0.396 e. The Kier molecular flexibility index (Phi) is 28.7. The molecule has 0 rings (SSSR count). The maximum absolute atomic E-state index is 9.73. The van der Waals surface area contributed by atoms with E-state index in [0.29, 0.717) is 0 Å². The van der Waals surface area contributed by atoms with Gasteiger partial charge in [0.05, 0.1) is 25.2 Å². The second kappa shape index (κ2) is 22.9. The van der Waals surface area contributed by atoms with Gasteiger partial charge in [0.15, 0.2) is 0 Å². The zero-order valence-electron chi connectivity index (χ0n) is 13.2. The maximum Gasteiger partial charge on any atom is 0.294 e. The highest BCUT2D eigenvalue weighted by molar-refractivity contribution is 4.75. The molecule has 0 bridgehead atoms. The van der Waals surface area contributed by atoms with Crippen LogP contribution in [0.5, 0.6) is 0 Å². The van der Waals surface area contributed by atoms with Crippen molar-refractivity contribution < 1.29 is 66.4 Å². The van der Waals surface area contributed by atoms with E-state index in [1.54, 1.807) is 0 Å². The molecule has 23 nitrogen and oxygen atoms in total. The highest BCUT2D eigenvalue weighted by Gasteiger charge is 2.29. The molecular weight excluding hydrogens is 418 g/mol. The highest BCUT2D eigenvalue weighted by atomic mass is 17.0. The van der Waals surface area contributed by atoms with Gasteiger partial charge in [-0.25, -0.2) is 0 Å². The van der Waals surface area contributed by atoms with Crippen LogP contribution in [0, 0.1) is 56.0 Å². The van der Waals surface area contributed by atoms with Gasteiger partial charge in [0, 0.05) is 0 Å². The Morgan fingerprint density at radius 1 is 0.607 bits per heavy atom. The van der Waals surface area contributed by atoms with E-state index in [1.165, 1.54) is 0 Å². The van der Waals surface area contributed by atoms with Gasteiger partial charge in [-0.05, 0) is 0 Å². The maximum atomic E-state index is 9.73. The van der Waals surface area contributed by atoms with Gasteiger partial charge in [-0.3, -0.25) is 0 Å². The summed E-state index contributed by atoms with van der Waals surface area (Å²) in [4.78, 5) is 47.1. The summed E-state index contributed by atoms with van der Waals surface area (Å²) in [6.45, 7) is -2.25. The third-order valence-corrected chi connectivity index (χ3v) is 1.48.